The first-order valence-electron chi connectivity index (χ1n) is 5.90. The zero-order valence-corrected chi connectivity index (χ0v) is 11.6. The Hall–Kier alpha value is -1.55. The molecule has 2 aromatic rings. The lowest BCUT2D eigenvalue weighted by molar-refractivity contribution is 0.0952. The number of amides is 1. The normalized spacial score (nSPS) is 10.3. The second-order valence-corrected chi connectivity index (χ2v) is 4.95. The van der Waals surface area contributed by atoms with Crippen molar-refractivity contribution in [2.45, 2.75) is 13.0 Å². The van der Waals surface area contributed by atoms with Gasteiger partial charge >= 0.3 is 0 Å². The number of nitrogens with one attached hydrogen (secondary N) is 1. The number of hydrogen-bond acceptors (Lipinski definition) is 1. The minimum absolute atomic E-state index is 0.0185. The molecule has 0 fully saturated rings. The van der Waals surface area contributed by atoms with E-state index >= 15 is 0 Å². The van der Waals surface area contributed by atoms with Gasteiger partial charge in [-0.1, -0.05) is 15.9 Å². The number of nitrogens with zero attached hydrogens (tertiary/aromatic N) is 1. The first kappa shape index (κ1) is 12.9. The summed E-state index contributed by atoms with van der Waals surface area (Å²) in [6.45, 7) is 1.61. The fourth-order valence-corrected chi connectivity index (χ4v) is 1.95. The largest absolute Gasteiger partial charge is 0.354 e. The summed E-state index contributed by atoms with van der Waals surface area (Å²) in [5.41, 5.74) is 0.694. The molecule has 0 radical (unpaired) electrons. The van der Waals surface area contributed by atoms with Gasteiger partial charge in [0.05, 0.1) is 0 Å². The van der Waals surface area contributed by atoms with E-state index in [1.165, 1.54) is 0 Å². The number of rotatable bonds is 5. The van der Waals surface area contributed by atoms with Crippen LogP contribution in [0.4, 0.5) is 0 Å². The summed E-state index contributed by atoms with van der Waals surface area (Å²) in [5.74, 6) is -0.0185. The Morgan fingerprint density at radius 3 is 2.50 bits per heavy atom. The quantitative estimate of drug-likeness (QED) is 0.846. The number of carbonyl (C=O) groups excluding carboxylic acids is 1. The van der Waals surface area contributed by atoms with Gasteiger partial charge in [-0.15, -0.1) is 0 Å². The summed E-state index contributed by atoms with van der Waals surface area (Å²) >= 11 is 3.35. The first-order valence-corrected chi connectivity index (χ1v) is 6.69. The van der Waals surface area contributed by atoms with Crippen LogP contribution in [0.2, 0.25) is 0 Å². The minimum Gasteiger partial charge on any atom is -0.354 e. The third kappa shape index (κ3) is 3.74. The highest BCUT2D eigenvalue weighted by molar-refractivity contribution is 9.10. The molecular formula is C14H15BrN2O. The molecule has 0 saturated carbocycles. The van der Waals surface area contributed by atoms with Crippen LogP contribution in [-0.2, 0) is 6.54 Å². The fourth-order valence-electron chi connectivity index (χ4n) is 1.69. The van der Waals surface area contributed by atoms with Crippen LogP contribution >= 0.6 is 15.9 Å². The van der Waals surface area contributed by atoms with E-state index in [1.807, 2.05) is 48.8 Å². The molecule has 2 rings (SSSR count). The molecule has 1 amide bonds. The van der Waals surface area contributed by atoms with Crippen LogP contribution in [0.25, 0.3) is 0 Å². The average Bonchev–Trinajstić information content (AvgIpc) is 2.88. The van der Waals surface area contributed by atoms with Crippen LogP contribution in [0.1, 0.15) is 16.8 Å². The maximum atomic E-state index is 11.8. The molecule has 0 bridgehead atoms. The standard InChI is InChI=1S/C14H15BrN2O/c15-13-6-4-12(5-7-13)14(18)16-8-3-11-17-9-1-2-10-17/h1-2,4-7,9-10H,3,8,11H2,(H,16,18). The van der Waals surface area contributed by atoms with Gasteiger partial charge in [0.2, 0.25) is 0 Å². The Kier molecular flexibility index (Phi) is 4.59. The van der Waals surface area contributed by atoms with Crippen LogP contribution in [0.3, 0.4) is 0 Å². The van der Waals surface area contributed by atoms with Crippen LogP contribution < -0.4 is 5.32 Å². The molecule has 94 valence electrons. The average molecular weight is 307 g/mol. The second kappa shape index (κ2) is 6.40. The zero-order chi connectivity index (χ0) is 12.8. The maximum Gasteiger partial charge on any atom is 0.251 e. The van der Waals surface area contributed by atoms with Gasteiger partial charge in [-0.25, -0.2) is 0 Å². The van der Waals surface area contributed by atoms with Crippen molar-refractivity contribution in [3.8, 4) is 0 Å². The van der Waals surface area contributed by atoms with Crippen molar-refractivity contribution in [2.75, 3.05) is 6.54 Å². The molecule has 0 aliphatic rings. The molecule has 4 heteroatoms. The molecule has 1 N–H and O–H groups in total. The van der Waals surface area contributed by atoms with E-state index in [1.54, 1.807) is 0 Å². The summed E-state index contributed by atoms with van der Waals surface area (Å²) in [6.07, 6.45) is 4.98. The SMILES string of the molecule is O=C(NCCCn1cccc1)c1ccc(Br)cc1. The minimum atomic E-state index is -0.0185. The van der Waals surface area contributed by atoms with Gasteiger partial charge in [-0.2, -0.15) is 0 Å². The van der Waals surface area contributed by atoms with E-state index in [-0.39, 0.29) is 5.91 Å². The monoisotopic (exact) mass is 306 g/mol. The van der Waals surface area contributed by atoms with Crippen LogP contribution in [0, 0.1) is 0 Å². The van der Waals surface area contributed by atoms with Crippen molar-refractivity contribution in [2.24, 2.45) is 0 Å². The summed E-state index contributed by atoms with van der Waals surface area (Å²) < 4.78 is 3.08. The molecule has 1 heterocycles. The number of aromatic nitrogens is 1. The number of halogens is 1. The van der Waals surface area contributed by atoms with Gasteiger partial charge in [0, 0.05) is 35.5 Å². The Labute approximate surface area is 115 Å². The molecular weight excluding hydrogens is 292 g/mol. The van der Waals surface area contributed by atoms with Crippen molar-refractivity contribution in [1.82, 2.24) is 9.88 Å². The van der Waals surface area contributed by atoms with Crippen molar-refractivity contribution in [1.29, 1.82) is 0 Å². The third-order valence-electron chi connectivity index (χ3n) is 2.65. The topological polar surface area (TPSA) is 34.0 Å². The summed E-state index contributed by atoms with van der Waals surface area (Å²) in [7, 11) is 0. The molecule has 0 aliphatic carbocycles. The Bertz CT molecular complexity index is 491. The van der Waals surface area contributed by atoms with Crippen molar-refractivity contribution >= 4 is 21.8 Å². The predicted molar refractivity (Wildman–Crippen MR) is 75.5 cm³/mol. The van der Waals surface area contributed by atoms with Crippen molar-refractivity contribution < 1.29 is 4.79 Å². The predicted octanol–water partition coefficient (Wildman–Crippen LogP) is 3.07. The second-order valence-electron chi connectivity index (χ2n) is 4.04. The molecule has 1 aromatic heterocycles. The fraction of sp³-hybridized carbons (Fsp3) is 0.214. The molecule has 0 spiro atoms. The number of hydrogen-bond donors (Lipinski definition) is 1. The molecule has 0 atom stereocenters. The van der Waals surface area contributed by atoms with Gasteiger partial charge in [0.15, 0.2) is 0 Å². The van der Waals surface area contributed by atoms with E-state index < -0.39 is 0 Å². The highest BCUT2D eigenvalue weighted by Crippen LogP contribution is 2.10. The highest BCUT2D eigenvalue weighted by Gasteiger charge is 2.03. The Morgan fingerprint density at radius 2 is 1.83 bits per heavy atom. The number of benzene rings is 1. The number of aryl methyl sites for hydroxylation is 1. The van der Waals surface area contributed by atoms with Gasteiger partial charge in [-0.05, 0) is 42.8 Å². The molecule has 0 aliphatic heterocycles. The van der Waals surface area contributed by atoms with Crippen molar-refractivity contribution in [3.05, 3.63) is 58.8 Å². The van der Waals surface area contributed by atoms with Crippen molar-refractivity contribution in [3.63, 3.8) is 0 Å². The van der Waals surface area contributed by atoms with E-state index in [4.69, 9.17) is 0 Å². The van der Waals surface area contributed by atoms with Gasteiger partial charge in [-0.3, -0.25) is 4.79 Å². The van der Waals surface area contributed by atoms with Gasteiger partial charge in [0.25, 0.3) is 5.91 Å². The third-order valence-corrected chi connectivity index (χ3v) is 3.18. The lowest BCUT2D eigenvalue weighted by atomic mass is 10.2. The van der Waals surface area contributed by atoms with Crippen LogP contribution in [0.15, 0.2) is 53.3 Å². The Morgan fingerprint density at radius 1 is 1.17 bits per heavy atom. The maximum absolute atomic E-state index is 11.8. The zero-order valence-electron chi connectivity index (χ0n) is 9.97. The highest BCUT2D eigenvalue weighted by atomic mass is 79.9. The van der Waals surface area contributed by atoms with E-state index in [0.29, 0.717) is 12.1 Å². The number of carbonyl (C=O) groups is 1. The molecule has 0 unspecified atom stereocenters. The van der Waals surface area contributed by atoms with Crippen LogP contribution in [-0.4, -0.2) is 17.0 Å². The Balaban J connectivity index is 1.73. The summed E-state index contributed by atoms with van der Waals surface area (Å²) in [4.78, 5) is 11.8. The van der Waals surface area contributed by atoms with Crippen LogP contribution in [0.5, 0.6) is 0 Å². The summed E-state index contributed by atoms with van der Waals surface area (Å²) in [6, 6.07) is 11.4. The molecule has 3 nitrogen and oxygen atoms in total. The lowest BCUT2D eigenvalue weighted by Crippen LogP contribution is -2.25. The lowest BCUT2D eigenvalue weighted by Gasteiger charge is -2.06. The van der Waals surface area contributed by atoms with E-state index in [9.17, 15) is 4.79 Å². The molecule has 1 aromatic carbocycles. The van der Waals surface area contributed by atoms with E-state index in [2.05, 4.69) is 25.8 Å². The van der Waals surface area contributed by atoms with E-state index in [0.717, 1.165) is 17.4 Å². The molecule has 0 saturated heterocycles. The molecule has 18 heavy (non-hydrogen) atoms. The summed E-state index contributed by atoms with van der Waals surface area (Å²) in [5, 5.41) is 2.91. The van der Waals surface area contributed by atoms with Gasteiger partial charge in [0.1, 0.15) is 0 Å². The smallest absolute Gasteiger partial charge is 0.251 e. The van der Waals surface area contributed by atoms with Gasteiger partial charge < -0.3 is 9.88 Å². The first-order chi connectivity index (χ1) is 8.75.